The molecule has 2 rings (SSSR count). The lowest BCUT2D eigenvalue weighted by atomic mass is 10.1. The van der Waals surface area contributed by atoms with Gasteiger partial charge >= 0.3 is 0 Å². The minimum atomic E-state index is -0.490. The van der Waals surface area contributed by atoms with E-state index in [1.165, 1.54) is 0 Å². The van der Waals surface area contributed by atoms with Crippen molar-refractivity contribution in [2.45, 2.75) is 13.3 Å². The van der Waals surface area contributed by atoms with Crippen LogP contribution in [0.5, 0.6) is 11.5 Å². The molecule has 18 heavy (non-hydrogen) atoms. The van der Waals surface area contributed by atoms with E-state index in [-0.39, 0.29) is 19.1 Å². The Morgan fingerprint density at radius 1 is 1.39 bits per heavy atom. The third-order valence-corrected chi connectivity index (χ3v) is 2.63. The van der Waals surface area contributed by atoms with E-state index >= 15 is 0 Å². The van der Waals surface area contributed by atoms with Crippen LogP contribution in [0.15, 0.2) is 18.2 Å². The Hall–Kier alpha value is -2.24. The third-order valence-electron chi connectivity index (χ3n) is 2.63. The van der Waals surface area contributed by atoms with Crippen molar-refractivity contribution in [2.75, 3.05) is 12.1 Å². The van der Waals surface area contributed by atoms with Crippen molar-refractivity contribution in [2.24, 2.45) is 11.7 Å². The summed E-state index contributed by atoms with van der Waals surface area (Å²) in [4.78, 5) is 22.5. The third kappa shape index (κ3) is 2.71. The second-order valence-electron chi connectivity index (χ2n) is 4.12. The molecule has 1 aliphatic heterocycles. The molecule has 0 fully saturated rings. The molecule has 6 heteroatoms. The second kappa shape index (κ2) is 4.95. The Kier molecular flexibility index (Phi) is 3.36. The van der Waals surface area contributed by atoms with Gasteiger partial charge in [-0.1, -0.05) is 6.92 Å². The minimum absolute atomic E-state index is 0.0593. The monoisotopic (exact) mass is 250 g/mol. The van der Waals surface area contributed by atoms with Crippen molar-refractivity contribution in [3.05, 3.63) is 18.2 Å². The van der Waals surface area contributed by atoms with Gasteiger partial charge < -0.3 is 20.5 Å². The van der Waals surface area contributed by atoms with Gasteiger partial charge in [-0.15, -0.1) is 0 Å². The van der Waals surface area contributed by atoms with Crippen molar-refractivity contribution in [1.82, 2.24) is 0 Å². The Balaban J connectivity index is 1.97. The summed E-state index contributed by atoms with van der Waals surface area (Å²) in [6.45, 7) is 1.80. The van der Waals surface area contributed by atoms with Crippen LogP contribution in [0.3, 0.4) is 0 Å². The maximum absolute atomic E-state index is 11.6. The lowest BCUT2D eigenvalue weighted by Gasteiger charge is -2.08. The van der Waals surface area contributed by atoms with Crippen molar-refractivity contribution in [3.8, 4) is 11.5 Å². The number of benzene rings is 1. The smallest absolute Gasteiger partial charge is 0.231 e. The van der Waals surface area contributed by atoms with Gasteiger partial charge in [0.05, 0.1) is 0 Å². The number of carbonyl (C=O) groups excluding carboxylic acids is 2. The zero-order valence-electron chi connectivity index (χ0n) is 9.93. The van der Waals surface area contributed by atoms with Crippen LogP contribution in [0.1, 0.15) is 13.3 Å². The topological polar surface area (TPSA) is 90.7 Å². The van der Waals surface area contributed by atoms with Crippen LogP contribution in [0.25, 0.3) is 0 Å². The molecule has 1 heterocycles. The van der Waals surface area contributed by atoms with Crippen LogP contribution in [0.2, 0.25) is 0 Å². The van der Waals surface area contributed by atoms with Gasteiger partial charge in [0.1, 0.15) is 0 Å². The first-order valence-corrected chi connectivity index (χ1v) is 5.55. The number of hydrogen-bond donors (Lipinski definition) is 2. The molecule has 0 saturated carbocycles. The van der Waals surface area contributed by atoms with Gasteiger partial charge in [-0.3, -0.25) is 9.59 Å². The number of amides is 2. The Labute approximate surface area is 104 Å². The highest BCUT2D eigenvalue weighted by molar-refractivity contribution is 5.94. The molecule has 1 aromatic carbocycles. The molecule has 6 nitrogen and oxygen atoms in total. The number of nitrogens with one attached hydrogen (secondary N) is 1. The molecule has 0 spiro atoms. The molecular weight excluding hydrogens is 236 g/mol. The van der Waals surface area contributed by atoms with Gasteiger partial charge in [0.15, 0.2) is 11.5 Å². The molecule has 1 unspecified atom stereocenters. The molecular formula is C12H14N2O4. The van der Waals surface area contributed by atoms with E-state index in [1.54, 1.807) is 25.1 Å². The van der Waals surface area contributed by atoms with Crippen molar-refractivity contribution in [3.63, 3.8) is 0 Å². The molecule has 1 aliphatic rings. The Morgan fingerprint density at radius 3 is 2.83 bits per heavy atom. The number of hydrogen-bond acceptors (Lipinski definition) is 4. The van der Waals surface area contributed by atoms with Crippen LogP contribution in [-0.4, -0.2) is 18.6 Å². The van der Waals surface area contributed by atoms with Gasteiger partial charge in [0, 0.05) is 24.1 Å². The minimum Gasteiger partial charge on any atom is -0.454 e. The van der Waals surface area contributed by atoms with Crippen LogP contribution in [0, 0.1) is 5.92 Å². The highest BCUT2D eigenvalue weighted by Gasteiger charge is 2.16. The number of anilines is 1. The molecule has 2 amide bonds. The molecule has 1 atom stereocenters. The first-order valence-electron chi connectivity index (χ1n) is 5.55. The maximum Gasteiger partial charge on any atom is 0.231 e. The predicted molar refractivity (Wildman–Crippen MR) is 64.2 cm³/mol. The molecule has 0 saturated heterocycles. The van der Waals surface area contributed by atoms with Gasteiger partial charge in [0.25, 0.3) is 0 Å². The van der Waals surface area contributed by atoms with E-state index in [4.69, 9.17) is 15.2 Å². The molecule has 0 radical (unpaired) electrons. The van der Waals surface area contributed by atoms with Crippen molar-refractivity contribution in [1.29, 1.82) is 0 Å². The van der Waals surface area contributed by atoms with E-state index in [2.05, 4.69) is 5.32 Å². The standard InChI is InChI=1S/C12H14N2O4/c1-7(12(13)16)4-11(15)14-8-2-3-9-10(5-8)18-6-17-9/h2-3,5,7H,4,6H2,1H3,(H2,13,16)(H,14,15). The summed E-state index contributed by atoms with van der Waals surface area (Å²) < 4.78 is 10.4. The Morgan fingerprint density at radius 2 is 2.11 bits per heavy atom. The number of nitrogens with two attached hydrogens (primary N) is 1. The summed E-state index contributed by atoms with van der Waals surface area (Å²) in [5, 5.41) is 2.68. The SMILES string of the molecule is CC(CC(=O)Nc1ccc2c(c1)OCO2)C(N)=O. The zero-order valence-corrected chi connectivity index (χ0v) is 9.93. The van der Waals surface area contributed by atoms with Crippen LogP contribution in [-0.2, 0) is 9.59 Å². The molecule has 0 bridgehead atoms. The summed E-state index contributed by atoms with van der Waals surface area (Å²) in [5.74, 6) is 0.00395. The largest absolute Gasteiger partial charge is 0.454 e. The number of ether oxygens (including phenoxy) is 2. The van der Waals surface area contributed by atoms with E-state index in [1.807, 2.05) is 0 Å². The van der Waals surface area contributed by atoms with Gasteiger partial charge in [-0.05, 0) is 12.1 Å². The summed E-state index contributed by atoms with van der Waals surface area (Å²) in [7, 11) is 0. The summed E-state index contributed by atoms with van der Waals surface area (Å²) in [6.07, 6.45) is 0.0593. The number of primary amides is 1. The van der Waals surface area contributed by atoms with Gasteiger partial charge in [0.2, 0.25) is 18.6 Å². The van der Waals surface area contributed by atoms with Crippen molar-refractivity contribution < 1.29 is 19.1 Å². The fraction of sp³-hybridized carbons (Fsp3) is 0.333. The number of carbonyl (C=O) groups is 2. The predicted octanol–water partition coefficient (Wildman–Crippen LogP) is 0.865. The van der Waals surface area contributed by atoms with Crippen molar-refractivity contribution >= 4 is 17.5 Å². The second-order valence-corrected chi connectivity index (χ2v) is 4.12. The lowest BCUT2D eigenvalue weighted by Crippen LogP contribution is -2.25. The lowest BCUT2D eigenvalue weighted by molar-refractivity contribution is -0.125. The fourth-order valence-electron chi connectivity index (χ4n) is 1.56. The number of rotatable bonds is 4. The average molecular weight is 250 g/mol. The molecule has 3 N–H and O–H groups in total. The highest BCUT2D eigenvalue weighted by atomic mass is 16.7. The molecule has 96 valence electrons. The normalized spacial score (nSPS) is 14.1. The zero-order chi connectivity index (χ0) is 13.1. The van der Waals surface area contributed by atoms with E-state index < -0.39 is 11.8 Å². The van der Waals surface area contributed by atoms with Gasteiger partial charge in [-0.25, -0.2) is 0 Å². The number of fused-ring (bicyclic) bond motifs is 1. The van der Waals surface area contributed by atoms with E-state index in [0.29, 0.717) is 17.2 Å². The summed E-state index contributed by atoms with van der Waals surface area (Å²) >= 11 is 0. The first-order chi connectivity index (χ1) is 8.56. The molecule has 0 aliphatic carbocycles. The van der Waals surface area contributed by atoms with E-state index in [0.717, 1.165) is 0 Å². The highest BCUT2D eigenvalue weighted by Crippen LogP contribution is 2.34. The quantitative estimate of drug-likeness (QED) is 0.829. The molecule has 0 aromatic heterocycles. The fourth-order valence-corrected chi connectivity index (χ4v) is 1.56. The van der Waals surface area contributed by atoms with Crippen LogP contribution < -0.4 is 20.5 Å². The van der Waals surface area contributed by atoms with Crippen LogP contribution >= 0.6 is 0 Å². The maximum atomic E-state index is 11.6. The summed E-state index contributed by atoms with van der Waals surface area (Å²) in [6, 6.07) is 5.10. The first kappa shape index (κ1) is 12.2. The molecule has 1 aromatic rings. The van der Waals surface area contributed by atoms with Crippen LogP contribution in [0.4, 0.5) is 5.69 Å². The Bertz CT molecular complexity index is 487. The average Bonchev–Trinajstić information content (AvgIpc) is 2.75. The van der Waals surface area contributed by atoms with Gasteiger partial charge in [-0.2, -0.15) is 0 Å². The van der Waals surface area contributed by atoms with E-state index in [9.17, 15) is 9.59 Å². The summed E-state index contributed by atoms with van der Waals surface area (Å²) in [5.41, 5.74) is 5.69.